The Labute approximate surface area is 120 Å². The van der Waals surface area contributed by atoms with Crippen LogP contribution in [0, 0.1) is 5.92 Å². The molecule has 110 valence electrons. The van der Waals surface area contributed by atoms with Gasteiger partial charge in [-0.2, -0.15) is 0 Å². The molecule has 20 heavy (non-hydrogen) atoms. The van der Waals surface area contributed by atoms with Crippen molar-refractivity contribution in [1.82, 2.24) is 5.32 Å². The van der Waals surface area contributed by atoms with Gasteiger partial charge in [-0.05, 0) is 43.7 Å². The smallest absolute Gasteiger partial charge is 0.220 e. The van der Waals surface area contributed by atoms with Crippen molar-refractivity contribution < 1.29 is 14.6 Å². The fraction of sp³-hybridized carbons (Fsp3) is 0.562. The Morgan fingerprint density at radius 3 is 2.85 bits per heavy atom. The lowest BCUT2D eigenvalue weighted by Gasteiger charge is -2.31. The zero-order valence-electron chi connectivity index (χ0n) is 12.0. The summed E-state index contributed by atoms with van der Waals surface area (Å²) in [6.07, 6.45) is 2.63. The van der Waals surface area contributed by atoms with E-state index in [9.17, 15) is 9.90 Å². The van der Waals surface area contributed by atoms with Gasteiger partial charge in [0, 0.05) is 13.0 Å². The minimum absolute atomic E-state index is 0.0673. The number of aliphatic hydroxyl groups excluding tert-OH is 1. The molecule has 1 fully saturated rings. The molecule has 0 atom stereocenters. The summed E-state index contributed by atoms with van der Waals surface area (Å²) in [5, 5.41) is 12.1. The summed E-state index contributed by atoms with van der Waals surface area (Å²) in [5.74, 6) is 1.38. The van der Waals surface area contributed by atoms with E-state index in [-0.39, 0.29) is 12.0 Å². The predicted octanol–water partition coefficient (Wildman–Crippen LogP) is 1.91. The van der Waals surface area contributed by atoms with Gasteiger partial charge in [0.2, 0.25) is 5.91 Å². The standard InChI is InChI=1S/C16H23NO3/c1-2-20-15-6-4-3-5-13(15)7-8-16(19)17-11-12-9-14(18)10-12/h3-6,12,14,18H,2,7-11H2,1H3,(H,17,19). The average Bonchev–Trinajstić information content (AvgIpc) is 2.42. The monoisotopic (exact) mass is 277 g/mol. The van der Waals surface area contributed by atoms with Crippen molar-refractivity contribution in [1.29, 1.82) is 0 Å². The number of para-hydroxylation sites is 1. The van der Waals surface area contributed by atoms with Crippen LogP contribution < -0.4 is 10.1 Å². The van der Waals surface area contributed by atoms with Crippen LogP contribution in [0.1, 0.15) is 31.7 Å². The highest BCUT2D eigenvalue weighted by atomic mass is 16.5. The zero-order valence-corrected chi connectivity index (χ0v) is 12.0. The van der Waals surface area contributed by atoms with Crippen molar-refractivity contribution in [2.24, 2.45) is 5.92 Å². The molecule has 0 spiro atoms. The highest BCUT2D eigenvalue weighted by Gasteiger charge is 2.26. The fourth-order valence-corrected chi connectivity index (χ4v) is 2.47. The lowest BCUT2D eigenvalue weighted by Crippen LogP contribution is -2.38. The molecule has 4 heteroatoms. The first-order valence-electron chi connectivity index (χ1n) is 7.34. The summed E-state index contributed by atoms with van der Waals surface area (Å²) in [5.41, 5.74) is 1.07. The Bertz CT molecular complexity index is 441. The Morgan fingerprint density at radius 2 is 2.15 bits per heavy atom. The number of amides is 1. The van der Waals surface area contributed by atoms with E-state index in [4.69, 9.17) is 4.74 Å². The third kappa shape index (κ3) is 4.23. The van der Waals surface area contributed by atoms with E-state index in [1.54, 1.807) is 0 Å². The van der Waals surface area contributed by atoms with E-state index in [2.05, 4.69) is 5.32 Å². The molecule has 2 N–H and O–H groups in total. The highest BCUT2D eigenvalue weighted by molar-refractivity contribution is 5.76. The van der Waals surface area contributed by atoms with Crippen LogP contribution >= 0.6 is 0 Å². The van der Waals surface area contributed by atoms with Crippen LogP contribution in [-0.2, 0) is 11.2 Å². The molecule has 1 amide bonds. The third-order valence-electron chi connectivity index (χ3n) is 3.69. The topological polar surface area (TPSA) is 58.6 Å². The number of rotatable bonds is 7. The van der Waals surface area contributed by atoms with E-state index in [0.29, 0.717) is 31.9 Å². The van der Waals surface area contributed by atoms with Gasteiger partial charge in [-0.15, -0.1) is 0 Å². The van der Waals surface area contributed by atoms with E-state index in [0.717, 1.165) is 24.2 Å². The van der Waals surface area contributed by atoms with Crippen LogP contribution in [0.4, 0.5) is 0 Å². The van der Waals surface area contributed by atoms with Crippen LogP contribution in [0.25, 0.3) is 0 Å². The lowest BCUT2D eigenvalue weighted by molar-refractivity contribution is -0.121. The summed E-state index contributed by atoms with van der Waals surface area (Å²) in [6.45, 7) is 3.27. The van der Waals surface area contributed by atoms with Gasteiger partial charge in [0.25, 0.3) is 0 Å². The second kappa shape index (κ2) is 7.29. The van der Waals surface area contributed by atoms with Crippen molar-refractivity contribution in [3.63, 3.8) is 0 Å². The molecule has 0 aliphatic heterocycles. The summed E-state index contributed by atoms with van der Waals surface area (Å²) >= 11 is 0. The number of hydrogen-bond acceptors (Lipinski definition) is 3. The minimum Gasteiger partial charge on any atom is -0.494 e. The number of carbonyl (C=O) groups is 1. The summed E-state index contributed by atoms with van der Waals surface area (Å²) in [7, 11) is 0. The van der Waals surface area contributed by atoms with E-state index >= 15 is 0 Å². The largest absolute Gasteiger partial charge is 0.494 e. The molecule has 0 aromatic heterocycles. The van der Waals surface area contributed by atoms with Gasteiger partial charge in [0.15, 0.2) is 0 Å². The molecule has 0 radical (unpaired) electrons. The normalized spacial score (nSPS) is 21.1. The minimum atomic E-state index is -0.157. The molecule has 0 bridgehead atoms. The number of carbonyl (C=O) groups excluding carboxylic acids is 1. The summed E-state index contributed by atoms with van der Waals surface area (Å²) in [6, 6.07) is 7.84. The summed E-state index contributed by atoms with van der Waals surface area (Å²) in [4.78, 5) is 11.8. The number of nitrogens with one attached hydrogen (secondary N) is 1. The van der Waals surface area contributed by atoms with Crippen molar-refractivity contribution >= 4 is 5.91 Å². The van der Waals surface area contributed by atoms with Gasteiger partial charge >= 0.3 is 0 Å². The molecule has 1 aliphatic carbocycles. The maximum absolute atomic E-state index is 11.8. The van der Waals surface area contributed by atoms with Crippen LogP contribution in [-0.4, -0.2) is 30.3 Å². The van der Waals surface area contributed by atoms with Gasteiger partial charge in [0.1, 0.15) is 5.75 Å². The summed E-state index contributed by atoms with van der Waals surface area (Å²) < 4.78 is 5.55. The van der Waals surface area contributed by atoms with Crippen molar-refractivity contribution in [3.05, 3.63) is 29.8 Å². The quantitative estimate of drug-likeness (QED) is 0.800. The molecule has 4 nitrogen and oxygen atoms in total. The number of ether oxygens (including phenoxy) is 1. The first-order valence-corrected chi connectivity index (χ1v) is 7.34. The van der Waals surface area contributed by atoms with E-state index < -0.39 is 0 Å². The molecular formula is C16H23NO3. The fourth-order valence-electron chi connectivity index (χ4n) is 2.47. The first kappa shape index (κ1) is 14.9. The van der Waals surface area contributed by atoms with Crippen molar-refractivity contribution in [2.45, 2.75) is 38.7 Å². The number of hydrogen-bond donors (Lipinski definition) is 2. The van der Waals surface area contributed by atoms with E-state index in [1.807, 2.05) is 31.2 Å². The maximum Gasteiger partial charge on any atom is 0.220 e. The molecule has 0 heterocycles. The molecule has 1 saturated carbocycles. The Kier molecular flexibility index (Phi) is 5.41. The van der Waals surface area contributed by atoms with E-state index in [1.165, 1.54) is 0 Å². The van der Waals surface area contributed by atoms with Crippen molar-refractivity contribution in [3.8, 4) is 5.75 Å². The Hall–Kier alpha value is -1.55. The van der Waals surface area contributed by atoms with Gasteiger partial charge in [-0.3, -0.25) is 4.79 Å². The van der Waals surface area contributed by atoms with Gasteiger partial charge in [0.05, 0.1) is 12.7 Å². The Balaban J connectivity index is 1.72. The maximum atomic E-state index is 11.8. The van der Waals surface area contributed by atoms with Gasteiger partial charge in [-0.1, -0.05) is 18.2 Å². The third-order valence-corrected chi connectivity index (χ3v) is 3.69. The number of aryl methyl sites for hydroxylation is 1. The number of benzene rings is 1. The SMILES string of the molecule is CCOc1ccccc1CCC(=O)NCC1CC(O)C1. The predicted molar refractivity (Wildman–Crippen MR) is 77.7 cm³/mol. The number of aliphatic hydroxyl groups is 1. The zero-order chi connectivity index (χ0) is 14.4. The molecular weight excluding hydrogens is 254 g/mol. The van der Waals surface area contributed by atoms with Crippen LogP contribution in [0.5, 0.6) is 5.75 Å². The molecule has 0 unspecified atom stereocenters. The molecule has 1 aromatic rings. The van der Waals surface area contributed by atoms with Gasteiger partial charge in [-0.25, -0.2) is 0 Å². The van der Waals surface area contributed by atoms with Crippen LogP contribution in [0.15, 0.2) is 24.3 Å². The lowest BCUT2D eigenvalue weighted by atomic mass is 9.82. The van der Waals surface area contributed by atoms with Crippen LogP contribution in [0.3, 0.4) is 0 Å². The van der Waals surface area contributed by atoms with Crippen molar-refractivity contribution in [2.75, 3.05) is 13.2 Å². The van der Waals surface area contributed by atoms with Crippen LogP contribution in [0.2, 0.25) is 0 Å². The molecule has 2 rings (SSSR count). The second-order valence-corrected chi connectivity index (χ2v) is 5.34. The Morgan fingerprint density at radius 1 is 1.40 bits per heavy atom. The average molecular weight is 277 g/mol. The first-order chi connectivity index (χ1) is 9.69. The molecule has 1 aliphatic rings. The molecule has 0 saturated heterocycles. The second-order valence-electron chi connectivity index (χ2n) is 5.34. The van der Waals surface area contributed by atoms with Gasteiger partial charge < -0.3 is 15.2 Å². The molecule has 1 aromatic carbocycles. The highest BCUT2D eigenvalue weighted by Crippen LogP contribution is 2.26.